The molecule has 3 fully saturated rings. The summed E-state index contributed by atoms with van der Waals surface area (Å²) < 4.78 is 5.07. The van der Waals surface area contributed by atoms with Gasteiger partial charge in [0.15, 0.2) is 5.82 Å². The average Bonchev–Trinajstić information content (AvgIpc) is 3.16. The number of ether oxygens (including phenoxy) is 1. The maximum absolute atomic E-state index is 5.07. The van der Waals surface area contributed by atoms with Crippen LogP contribution in [0, 0.1) is 5.92 Å². The summed E-state index contributed by atoms with van der Waals surface area (Å²) in [5.41, 5.74) is 0.446. The lowest BCUT2D eigenvalue weighted by molar-refractivity contribution is 0.194. The molecular formula is C14H20N4O. The Kier molecular flexibility index (Phi) is 2.45. The summed E-state index contributed by atoms with van der Waals surface area (Å²) in [6.07, 6.45) is 4.07. The quantitative estimate of drug-likeness (QED) is 0.798. The van der Waals surface area contributed by atoms with Crippen molar-refractivity contribution >= 4 is 5.82 Å². The molecule has 0 amide bonds. The highest BCUT2D eigenvalue weighted by Gasteiger charge is 2.55. The Hall–Kier alpha value is -1.36. The van der Waals surface area contributed by atoms with Gasteiger partial charge in [0, 0.05) is 24.7 Å². The molecule has 0 N–H and O–H groups in total. The maximum Gasteiger partial charge on any atom is 0.233 e. The van der Waals surface area contributed by atoms with E-state index in [1.165, 1.54) is 32.4 Å². The van der Waals surface area contributed by atoms with Gasteiger partial charge in [0.05, 0.1) is 7.11 Å². The van der Waals surface area contributed by atoms with E-state index >= 15 is 0 Å². The van der Waals surface area contributed by atoms with Gasteiger partial charge in [-0.2, -0.15) is 0 Å². The first-order valence-electron chi connectivity index (χ1n) is 7.19. The van der Waals surface area contributed by atoms with Gasteiger partial charge >= 0.3 is 0 Å². The number of rotatable bonds is 2. The summed E-state index contributed by atoms with van der Waals surface area (Å²) in [7, 11) is 1.62. The van der Waals surface area contributed by atoms with E-state index in [1.807, 2.05) is 12.1 Å². The first-order valence-corrected chi connectivity index (χ1v) is 7.19. The number of nitrogens with zero attached hydrogens (tertiary/aromatic N) is 4. The molecule has 0 aliphatic carbocycles. The van der Waals surface area contributed by atoms with Crippen LogP contribution in [0.1, 0.15) is 19.3 Å². The fraction of sp³-hybridized carbons (Fsp3) is 0.714. The SMILES string of the molecule is COc1ccc(N2CCC3(C2)C2CCN3CC2)nn1. The van der Waals surface area contributed by atoms with Gasteiger partial charge in [-0.05, 0) is 44.3 Å². The van der Waals surface area contributed by atoms with E-state index in [1.54, 1.807) is 7.11 Å². The van der Waals surface area contributed by atoms with Gasteiger partial charge in [0.1, 0.15) is 0 Å². The van der Waals surface area contributed by atoms with Gasteiger partial charge in [0.25, 0.3) is 0 Å². The van der Waals surface area contributed by atoms with Gasteiger partial charge in [-0.1, -0.05) is 0 Å². The first kappa shape index (κ1) is 11.5. The molecule has 3 aliphatic rings. The van der Waals surface area contributed by atoms with Crippen LogP contribution < -0.4 is 9.64 Å². The number of hydrogen-bond donors (Lipinski definition) is 0. The van der Waals surface area contributed by atoms with Crippen molar-refractivity contribution in [2.45, 2.75) is 24.8 Å². The van der Waals surface area contributed by atoms with Crippen LogP contribution in [0.25, 0.3) is 0 Å². The highest BCUT2D eigenvalue weighted by Crippen LogP contribution is 2.48. The maximum atomic E-state index is 5.07. The summed E-state index contributed by atoms with van der Waals surface area (Å²) >= 11 is 0. The van der Waals surface area contributed by atoms with Crippen molar-refractivity contribution in [3.8, 4) is 5.88 Å². The van der Waals surface area contributed by atoms with Crippen LogP contribution in [0.15, 0.2) is 12.1 Å². The van der Waals surface area contributed by atoms with E-state index in [0.717, 1.165) is 24.8 Å². The Bertz CT molecular complexity index is 455. The van der Waals surface area contributed by atoms with Crippen LogP contribution in [-0.4, -0.2) is 53.9 Å². The highest BCUT2D eigenvalue weighted by molar-refractivity contribution is 5.42. The minimum Gasteiger partial charge on any atom is -0.480 e. The molecule has 1 aromatic heterocycles. The third kappa shape index (κ3) is 1.57. The smallest absolute Gasteiger partial charge is 0.233 e. The molecule has 4 heterocycles. The van der Waals surface area contributed by atoms with E-state index in [-0.39, 0.29) is 0 Å². The second-order valence-electron chi connectivity index (χ2n) is 5.97. The Morgan fingerprint density at radius 2 is 2.05 bits per heavy atom. The molecule has 19 heavy (non-hydrogen) atoms. The van der Waals surface area contributed by atoms with E-state index in [2.05, 4.69) is 20.0 Å². The second kappa shape index (κ2) is 4.07. The molecule has 0 saturated carbocycles. The second-order valence-corrected chi connectivity index (χ2v) is 5.97. The van der Waals surface area contributed by atoms with Gasteiger partial charge in [-0.15, -0.1) is 10.2 Å². The predicted octanol–water partition coefficient (Wildman–Crippen LogP) is 1.16. The van der Waals surface area contributed by atoms with Crippen molar-refractivity contribution in [1.29, 1.82) is 0 Å². The lowest BCUT2D eigenvalue weighted by atomic mass is 9.85. The molecule has 5 heteroatoms. The van der Waals surface area contributed by atoms with E-state index in [9.17, 15) is 0 Å². The fourth-order valence-corrected chi connectivity index (χ4v) is 4.31. The zero-order chi connectivity index (χ0) is 12.9. The average molecular weight is 260 g/mol. The number of methoxy groups -OCH3 is 1. The zero-order valence-electron chi connectivity index (χ0n) is 11.4. The van der Waals surface area contributed by atoms with Crippen molar-refractivity contribution in [1.82, 2.24) is 15.1 Å². The predicted molar refractivity (Wildman–Crippen MR) is 72.4 cm³/mol. The van der Waals surface area contributed by atoms with E-state index < -0.39 is 0 Å². The minimum atomic E-state index is 0.446. The molecule has 1 unspecified atom stereocenters. The summed E-state index contributed by atoms with van der Waals surface area (Å²) in [4.78, 5) is 5.11. The number of hydrogen-bond acceptors (Lipinski definition) is 5. The molecule has 2 bridgehead atoms. The number of aromatic nitrogens is 2. The van der Waals surface area contributed by atoms with Crippen LogP contribution in [0.3, 0.4) is 0 Å². The monoisotopic (exact) mass is 260 g/mol. The van der Waals surface area contributed by atoms with Crippen LogP contribution in [-0.2, 0) is 0 Å². The molecule has 1 atom stereocenters. The molecule has 3 saturated heterocycles. The van der Waals surface area contributed by atoms with E-state index in [0.29, 0.717) is 11.4 Å². The summed E-state index contributed by atoms with van der Waals surface area (Å²) in [5.74, 6) is 2.48. The molecular weight excluding hydrogens is 240 g/mol. The molecule has 1 aromatic rings. The van der Waals surface area contributed by atoms with Crippen molar-refractivity contribution in [3.63, 3.8) is 0 Å². The summed E-state index contributed by atoms with van der Waals surface area (Å²) in [5, 5.41) is 8.37. The first-order chi connectivity index (χ1) is 9.32. The molecule has 5 nitrogen and oxygen atoms in total. The third-order valence-electron chi connectivity index (χ3n) is 5.32. The fourth-order valence-electron chi connectivity index (χ4n) is 4.31. The lowest BCUT2D eigenvalue weighted by Gasteiger charge is -2.31. The molecule has 3 aliphatic heterocycles. The van der Waals surface area contributed by atoms with Crippen LogP contribution in [0.5, 0.6) is 5.88 Å². The van der Waals surface area contributed by atoms with Crippen LogP contribution in [0.4, 0.5) is 5.82 Å². The molecule has 4 rings (SSSR count). The third-order valence-corrected chi connectivity index (χ3v) is 5.32. The molecule has 102 valence electrons. The Morgan fingerprint density at radius 3 is 2.63 bits per heavy atom. The number of piperidine rings is 1. The van der Waals surface area contributed by atoms with Crippen molar-refractivity contribution < 1.29 is 4.74 Å². The van der Waals surface area contributed by atoms with Gasteiger partial charge in [-0.3, -0.25) is 4.90 Å². The van der Waals surface area contributed by atoms with E-state index in [4.69, 9.17) is 4.74 Å². The number of anilines is 1. The normalized spacial score (nSPS) is 36.4. The minimum absolute atomic E-state index is 0.446. The van der Waals surface area contributed by atoms with Crippen molar-refractivity contribution in [2.24, 2.45) is 5.92 Å². The standard InChI is InChI=1S/C14H20N4O/c1-19-13-3-2-12(15-16-13)17-9-6-14(10-17)11-4-7-18(14)8-5-11/h2-3,11H,4-10H2,1H3. The molecule has 0 aromatic carbocycles. The van der Waals surface area contributed by atoms with Gasteiger partial charge in [-0.25, -0.2) is 0 Å². The largest absolute Gasteiger partial charge is 0.480 e. The Morgan fingerprint density at radius 1 is 1.21 bits per heavy atom. The topological polar surface area (TPSA) is 41.5 Å². The van der Waals surface area contributed by atoms with Crippen molar-refractivity contribution in [2.75, 3.05) is 38.2 Å². The Balaban J connectivity index is 1.55. The van der Waals surface area contributed by atoms with Crippen LogP contribution >= 0.6 is 0 Å². The Labute approximate surface area is 113 Å². The van der Waals surface area contributed by atoms with Gasteiger partial charge in [0.2, 0.25) is 5.88 Å². The van der Waals surface area contributed by atoms with Crippen LogP contribution in [0.2, 0.25) is 0 Å². The zero-order valence-corrected chi connectivity index (χ0v) is 11.4. The summed E-state index contributed by atoms with van der Waals surface area (Å²) in [6, 6.07) is 3.92. The van der Waals surface area contributed by atoms with Crippen molar-refractivity contribution in [3.05, 3.63) is 12.1 Å². The summed E-state index contributed by atoms with van der Waals surface area (Å²) in [6.45, 7) is 4.83. The molecule has 0 radical (unpaired) electrons. The van der Waals surface area contributed by atoms with Gasteiger partial charge < -0.3 is 9.64 Å². The lowest BCUT2D eigenvalue weighted by Crippen LogP contribution is -2.44. The highest BCUT2D eigenvalue weighted by atomic mass is 16.5. The molecule has 1 spiro atoms.